The first-order valence-corrected chi connectivity index (χ1v) is 10.8. The number of amides is 1. The van der Waals surface area contributed by atoms with Crippen LogP contribution in [0.4, 0.5) is 24.8 Å². The minimum Gasteiger partial charge on any atom is -0.369 e. The second-order valence-corrected chi connectivity index (χ2v) is 7.98. The summed E-state index contributed by atoms with van der Waals surface area (Å²) in [6, 6.07) is 13.1. The molecule has 33 heavy (non-hydrogen) atoms. The maximum atomic E-state index is 12.9. The van der Waals surface area contributed by atoms with Gasteiger partial charge in [0.05, 0.1) is 16.6 Å². The zero-order valence-corrected chi connectivity index (χ0v) is 18.9. The molecule has 0 spiro atoms. The van der Waals surface area contributed by atoms with Crippen molar-refractivity contribution in [3.8, 4) is 0 Å². The molecule has 0 aliphatic carbocycles. The molecule has 2 N–H and O–H groups in total. The Morgan fingerprint density at radius 3 is 2.52 bits per heavy atom. The first-order valence-electron chi connectivity index (χ1n) is 10.8. The highest BCUT2D eigenvalue weighted by Crippen LogP contribution is 2.31. The third-order valence-corrected chi connectivity index (χ3v) is 5.69. The van der Waals surface area contributed by atoms with Crippen molar-refractivity contribution in [2.45, 2.75) is 25.4 Å². The van der Waals surface area contributed by atoms with Gasteiger partial charge in [0.25, 0.3) is 0 Å². The van der Waals surface area contributed by atoms with Crippen LogP contribution in [0, 0.1) is 0 Å². The number of piperazine rings is 1. The van der Waals surface area contributed by atoms with Crippen LogP contribution in [0.3, 0.4) is 0 Å². The summed E-state index contributed by atoms with van der Waals surface area (Å²) in [5.74, 6) is 0.389. The van der Waals surface area contributed by atoms with E-state index in [-0.39, 0.29) is 18.3 Å². The number of nitrogens with one attached hydrogen (secondary N) is 2. The molecule has 1 aromatic heterocycles. The van der Waals surface area contributed by atoms with Crippen molar-refractivity contribution < 1.29 is 18.0 Å². The van der Waals surface area contributed by atoms with Crippen molar-refractivity contribution in [3.05, 3.63) is 54.1 Å². The number of nitrogens with zero attached hydrogens (tertiary/aromatic N) is 3. The molecule has 0 unspecified atom stereocenters. The van der Waals surface area contributed by atoms with E-state index in [1.165, 1.54) is 12.1 Å². The number of aromatic amines is 1. The topological polar surface area (TPSA) is 64.3 Å². The van der Waals surface area contributed by atoms with E-state index in [0.29, 0.717) is 31.1 Å². The van der Waals surface area contributed by atoms with Gasteiger partial charge in [0.1, 0.15) is 0 Å². The lowest BCUT2D eigenvalue weighted by molar-refractivity contribution is -0.137. The Balaban J connectivity index is 0.00000306. The van der Waals surface area contributed by atoms with Crippen molar-refractivity contribution in [2.75, 3.05) is 42.9 Å². The lowest BCUT2D eigenvalue weighted by Crippen LogP contribution is -2.46. The Bertz CT molecular complexity index is 1030. The van der Waals surface area contributed by atoms with Crippen LogP contribution in [0.1, 0.15) is 24.8 Å². The standard InChI is InChI=1S/C23H26F3N5O.ClH/c24-23(25,26)17-6-5-7-18(16-17)31-14-12-30(13-15-31)11-4-3-10-21(32)29-22-27-19-8-1-2-9-20(19)28-22;/h1-2,5-9,16H,3-4,10-15H2,(H2,27,28,29,32);1H. The van der Waals surface area contributed by atoms with Crippen molar-refractivity contribution in [3.63, 3.8) is 0 Å². The van der Waals surface area contributed by atoms with E-state index in [1.807, 2.05) is 29.2 Å². The van der Waals surface area contributed by atoms with Crippen LogP contribution in [-0.4, -0.2) is 53.5 Å². The molecule has 1 aliphatic rings. The summed E-state index contributed by atoms with van der Waals surface area (Å²) in [7, 11) is 0. The summed E-state index contributed by atoms with van der Waals surface area (Å²) in [6.07, 6.45) is -2.26. The Kier molecular flexibility index (Phi) is 8.20. The maximum Gasteiger partial charge on any atom is 0.416 e. The predicted molar refractivity (Wildman–Crippen MR) is 126 cm³/mol. The van der Waals surface area contributed by atoms with Crippen molar-refractivity contribution >= 4 is 41.0 Å². The molecule has 4 rings (SSSR count). The first kappa shape index (κ1) is 24.9. The van der Waals surface area contributed by atoms with Crippen LogP contribution in [0.5, 0.6) is 0 Å². The van der Waals surface area contributed by atoms with Gasteiger partial charge >= 0.3 is 6.18 Å². The lowest BCUT2D eigenvalue weighted by atomic mass is 10.1. The third-order valence-electron chi connectivity index (χ3n) is 5.69. The Morgan fingerprint density at radius 2 is 1.79 bits per heavy atom. The first-order chi connectivity index (χ1) is 15.4. The van der Waals surface area contributed by atoms with Gasteiger partial charge < -0.3 is 9.88 Å². The van der Waals surface area contributed by atoms with Gasteiger partial charge in [0, 0.05) is 38.3 Å². The van der Waals surface area contributed by atoms with Gasteiger partial charge in [-0.15, -0.1) is 12.4 Å². The van der Waals surface area contributed by atoms with Crippen molar-refractivity contribution in [1.29, 1.82) is 0 Å². The molecule has 10 heteroatoms. The van der Waals surface area contributed by atoms with E-state index in [0.717, 1.165) is 49.6 Å². The van der Waals surface area contributed by atoms with Gasteiger partial charge in [-0.3, -0.25) is 15.0 Å². The second-order valence-electron chi connectivity index (χ2n) is 7.98. The fraction of sp³-hybridized carbons (Fsp3) is 0.391. The number of fused-ring (bicyclic) bond motifs is 1. The number of halogens is 4. The highest BCUT2D eigenvalue weighted by molar-refractivity contribution is 5.91. The fourth-order valence-corrected chi connectivity index (χ4v) is 3.94. The van der Waals surface area contributed by atoms with Gasteiger partial charge in [0.2, 0.25) is 11.9 Å². The van der Waals surface area contributed by atoms with Crippen LogP contribution in [-0.2, 0) is 11.0 Å². The molecule has 0 radical (unpaired) electrons. The lowest BCUT2D eigenvalue weighted by Gasteiger charge is -2.36. The number of hydrogen-bond acceptors (Lipinski definition) is 4. The number of H-pyrrole nitrogens is 1. The largest absolute Gasteiger partial charge is 0.416 e. The molecule has 1 saturated heterocycles. The summed E-state index contributed by atoms with van der Waals surface area (Å²) in [4.78, 5) is 23.9. The Morgan fingerprint density at radius 1 is 1.03 bits per heavy atom. The molecular weight excluding hydrogens is 455 g/mol. The summed E-state index contributed by atoms with van der Waals surface area (Å²) < 4.78 is 38.8. The van der Waals surface area contributed by atoms with Crippen LogP contribution in [0.2, 0.25) is 0 Å². The molecule has 178 valence electrons. The summed E-state index contributed by atoms with van der Waals surface area (Å²) in [5, 5.41) is 2.80. The van der Waals surface area contributed by atoms with E-state index in [4.69, 9.17) is 0 Å². The molecule has 1 fully saturated rings. The van der Waals surface area contributed by atoms with Crippen LogP contribution >= 0.6 is 12.4 Å². The summed E-state index contributed by atoms with van der Waals surface area (Å²) >= 11 is 0. The highest BCUT2D eigenvalue weighted by atomic mass is 35.5. The minimum absolute atomic E-state index is 0. The quantitative estimate of drug-likeness (QED) is 0.469. The van der Waals surface area contributed by atoms with Gasteiger partial charge in [-0.05, 0) is 49.7 Å². The van der Waals surface area contributed by atoms with Gasteiger partial charge in [-0.1, -0.05) is 18.2 Å². The number of benzene rings is 2. The normalized spacial score (nSPS) is 14.8. The number of hydrogen-bond donors (Lipinski definition) is 2. The predicted octanol–water partition coefficient (Wildman–Crippen LogP) is 4.93. The highest BCUT2D eigenvalue weighted by Gasteiger charge is 2.31. The SMILES string of the molecule is Cl.O=C(CCCCN1CCN(c2cccc(C(F)(F)F)c2)CC1)Nc1nc2ccccc2[nH]1. The summed E-state index contributed by atoms with van der Waals surface area (Å²) in [5.41, 5.74) is 1.69. The zero-order valence-electron chi connectivity index (χ0n) is 18.1. The van der Waals surface area contributed by atoms with E-state index >= 15 is 0 Å². The molecule has 1 aliphatic heterocycles. The number of unbranched alkanes of at least 4 members (excludes halogenated alkanes) is 1. The summed E-state index contributed by atoms with van der Waals surface area (Å²) in [6.45, 7) is 3.83. The molecule has 3 aromatic rings. The van der Waals surface area contributed by atoms with E-state index in [1.54, 1.807) is 6.07 Å². The van der Waals surface area contributed by atoms with E-state index < -0.39 is 11.7 Å². The molecule has 0 bridgehead atoms. The van der Waals surface area contributed by atoms with E-state index in [9.17, 15) is 18.0 Å². The second kappa shape index (κ2) is 10.9. The molecule has 2 heterocycles. The van der Waals surface area contributed by atoms with E-state index in [2.05, 4.69) is 20.2 Å². The smallest absolute Gasteiger partial charge is 0.369 e. The van der Waals surface area contributed by atoms with Gasteiger partial charge in [-0.2, -0.15) is 13.2 Å². The number of rotatable bonds is 7. The average molecular weight is 482 g/mol. The minimum atomic E-state index is -4.32. The van der Waals surface area contributed by atoms with Crippen LogP contribution in [0.15, 0.2) is 48.5 Å². The molecular formula is C23H27ClF3N5O. The third kappa shape index (κ3) is 6.61. The molecule has 6 nitrogen and oxygen atoms in total. The van der Waals surface area contributed by atoms with Gasteiger partial charge in [0.15, 0.2) is 0 Å². The number of carbonyl (C=O) groups excluding carboxylic acids is 1. The molecule has 0 saturated carbocycles. The molecule has 1 amide bonds. The monoisotopic (exact) mass is 481 g/mol. The Hall–Kier alpha value is -2.78. The average Bonchev–Trinajstić information content (AvgIpc) is 3.19. The van der Waals surface area contributed by atoms with Gasteiger partial charge in [-0.25, -0.2) is 4.98 Å². The number of carbonyl (C=O) groups is 1. The number of imidazole rings is 1. The number of alkyl halides is 3. The van der Waals surface area contributed by atoms with Crippen molar-refractivity contribution in [1.82, 2.24) is 14.9 Å². The van der Waals surface area contributed by atoms with Crippen LogP contribution in [0.25, 0.3) is 11.0 Å². The fourth-order valence-electron chi connectivity index (χ4n) is 3.94. The molecule has 0 atom stereocenters. The van der Waals surface area contributed by atoms with Crippen LogP contribution < -0.4 is 10.2 Å². The number of anilines is 2. The Labute approximate surface area is 196 Å². The number of para-hydroxylation sites is 2. The molecule has 2 aromatic carbocycles. The number of aromatic nitrogens is 2. The zero-order chi connectivity index (χ0) is 22.6. The maximum absolute atomic E-state index is 12.9. The van der Waals surface area contributed by atoms with Crippen molar-refractivity contribution in [2.24, 2.45) is 0 Å².